The molecule has 2 aliphatic rings. The number of rotatable bonds is 5. The molecular formula is C22H19ClN2O5. The molecule has 4 rings (SSSR count). The number of nitrogens with zero attached hydrogens (tertiary/aromatic N) is 1. The summed E-state index contributed by atoms with van der Waals surface area (Å²) in [6.45, 7) is -0.393. The molecule has 0 bridgehead atoms. The lowest BCUT2D eigenvalue weighted by Gasteiger charge is -2.13. The maximum Gasteiger partial charge on any atom is 0.338 e. The molecule has 2 aromatic rings. The van der Waals surface area contributed by atoms with Crippen molar-refractivity contribution < 1.29 is 23.9 Å². The van der Waals surface area contributed by atoms with Gasteiger partial charge < -0.3 is 10.1 Å². The van der Waals surface area contributed by atoms with Crippen molar-refractivity contribution in [3.63, 3.8) is 0 Å². The number of ether oxygens (including phenoxy) is 1. The highest BCUT2D eigenvalue weighted by molar-refractivity contribution is 6.35. The summed E-state index contributed by atoms with van der Waals surface area (Å²) in [5, 5.41) is 3.32. The van der Waals surface area contributed by atoms with E-state index >= 15 is 0 Å². The zero-order valence-corrected chi connectivity index (χ0v) is 16.8. The lowest BCUT2D eigenvalue weighted by atomic mass is 10.1. The number of amides is 3. The average Bonchev–Trinajstić information content (AvgIpc) is 3.33. The van der Waals surface area contributed by atoms with Crippen molar-refractivity contribution in [2.75, 3.05) is 11.5 Å². The molecule has 0 unspecified atom stereocenters. The first-order chi connectivity index (χ1) is 14.4. The topological polar surface area (TPSA) is 92.8 Å². The largest absolute Gasteiger partial charge is 0.452 e. The van der Waals surface area contributed by atoms with Crippen molar-refractivity contribution in [3.05, 3.63) is 64.2 Å². The Bertz CT molecular complexity index is 1030. The van der Waals surface area contributed by atoms with E-state index in [4.69, 9.17) is 16.3 Å². The predicted octanol–water partition coefficient (Wildman–Crippen LogP) is 3.36. The number of benzene rings is 2. The molecule has 1 fully saturated rings. The van der Waals surface area contributed by atoms with Crippen LogP contribution in [-0.4, -0.2) is 36.3 Å². The maximum absolute atomic E-state index is 12.8. The van der Waals surface area contributed by atoms with E-state index in [-0.39, 0.29) is 28.6 Å². The zero-order valence-electron chi connectivity index (χ0n) is 16.0. The van der Waals surface area contributed by atoms with Gasteiger partial charge in [-0.3, -0.25) is 14.4 Å². The highest BCUT2D eigenvalue weighted by atomic mass is 35.5. The van der Waals surface area contributed by atoms with Crippen LogP contribution in [0.5, 0.6) is 0 Å². The minimum absolute atomic E-state index is 0.0986. The van der Waals surface area contributed by atoms with Crippen LogP contribution in [0.15, 0.2) is 42.5 Å². The minimum Gasteiger partial charge on any atom is -0.452 e. The number of nitrogens with one attached hydrogen (secondary N) is 1. The van der Waals surface area contributed by atoms with Crippen LogP contribution in [0.1, 0.15) is 56.8 Å². The van der Waals surface area contributed by atoms with Crippen LogP contribution in [0.2, 0.25) is 5.02 Å². The molecule has 7 nitrogen and oxygen atoms in total. The summed E-state index contributed by atoms with van der Waals surface area (Å²) in [7, 11) is 0. The number of hydrogen-bond donors (Lipinski definition) is 1. The highest BCUT2D eigenvalue weighted by Gasteiger charge is 2.37. The van der Waals surface area contributed by atoms with Crippen molar-refractivity contribution in [2.45, 2.75) is 31.7 Å². The van der Waals surface area contributed by atoms with Crippen molar-refractivity contribution in [1.82, 2.24) is 5.32 Å². The Balaban J connectivity index is 1.45. The monoisotopic (exact) mass is 426 g/mol. The third-order valence-electron chi connectivity index (χ3n) is 5.26. The molecule has 154 valence electrons. The molecule has 1 aliphatic heterocycles. The molecule has 1 saturated carbocycles. The molecule has 0 atom stereocenters. The van der Waals surface area contributed by atoms with Crippen LogP contribution >= 0.6 is 11.6 Å². The van der Waals surface area contributed by atoms with E-state index in [2.05, 4.69) is 5.32 Å². The van der Waals surface area contributed by atoms with E-state index in [9.17, 15) is 19.2 Å². The van der Waals surface area contributed by atoms with Gasteiger partial charge in [-0.1, -0.05) is 24.4 Å². The second-order valence-electron chi connectivity index (χ2n) is 7.31. The molecule has 30 heavy (non-hydrogen) atoms. The van der Waals surface area contributed by atoms with Crippen LogP contribution in [-0.2, 0) is 9.53 Å². The third-order valence-corrected chi connectivity index (χ3v) is 5.51. The Kier molecular flexibility index (Phi) is 5.55. The van der Waals surface area contributed by atoms with E-state index < -0.39 is 24.4 Å². The number of esters is 1. The summed E-state index contributed by atoms with van der Waals surface area (Å²) >= 11 is 5.87. The van der Waals surface area contributed by atoms with E-state index in [0.717, 1.165) is 30.6 Å². The smallest absolute Gasteiger partial charge is 0.338 e. The summed E-state index contributed by atoms with van der Waals surface area (Å²) in [6, 6.07) is 10.6. The Morgan fingerprint density at radius 1 is 1.00 bits per heavy atom. The SMILES string of the molecule is O=C(COC(=O)c1ccc2c(c1)C(=O)N(c1ccc(Cl)cc1)C2=O)NC1CCCC1. The molecule has 2 aromatic carbocycles. The van der Waals surface area contributed by atoms with Crippen LogP contribution in [0.4, 0.5) is 5.69 Å². The van der Waals surface area contributed by atoms with Crippen LogP contribution in [0, 0.1) is 0 Å². The van der Waals surface area contributed by atoms with Crippen molar-refractivity contribution in [1.29, 1.82) is 0 Å². The van der Waals surface area contributed by atoms with Crippen molar-refractivity contribution >= 4 is 41.0 Å². The Hall–Kier alpha value is -3.19. The first kappa shape index (κ1) is 20.1. The van der Waals surface area contributed by atoms with Gasteiger partial charge in [0.2, 0.25) is 0 Å². The molecule has 0 radical (unpaired) electrons. The number of fused-ring (bicyclic) bond motifs is 1. The summed E-state index contributed by atoms with van der Waals surface area (Å²) in [5.41, 5.74) is 0.796. The molecule has 0 saturated heterocycles. The predicted molar refractivity (Wildman–Crippen MR) is 110 cm³/mol. The van der Waals surface area contributed by atoms with Gasteiger partial charge in [0.15, 0.2) is 6.61 Å². The van der Waals surface area contributed by atoms with Gasteiger partial charge in [0, 0.05) is 11.1 Å². The average molecular weight is 427 g/mol. The van der Waals surface area contributed by atoms with E-state index in [0.29, 0.717) is 10.7 Å². The number of imide groups is 1. The van der Waals surface area contributed by atoms with Gasteiger partial charge in [-0.2, -0.15) is 0 Å². The van der Waals surface area contributed by atoms with Gasteiger partial charge >= 0.3 is 5.97 Å². The van der Waals surface area contributed by atoms with E-state index in [1.807, 2.05) is 0 Å². The third kappa shape index (κ3) is 3.93. The van der Waals surface area contributed by atoms with Gasteiger partial charge in [0.1, 0.15) is 0 Å². The standard InChI is InChI=1S/C22H19ClN2O5/c23-14-6-8-16(9-7-14)25-20(27)17-10-5-13(11-18(17)21(25)28)22(29)30-12-19(26)24-15-3-1-2-4-15/h5-11,15H,1-4,12H2,(H,24,26). The fraction of sp³-hybridized carbons (Fsp3) is 0.273. The minimum atomic E-state index is -0.732. The first-order valence-corrected chi connectivity index (χ1v) is 10.1. The van der Waals surface area contributed by atoms with Crippen molar-refractivity contribution in [3.8, 4) is 0 Å². The number of carbonyl (C=O) groups excluding carboxylic acids is 4. The maximum atomic E-state index is 12.8. The van der Waals surface area contributed by atoms with Gasteiger partial charge in [0.25, 0.3) is 17.7 Å². The number of carbonyl (C=O) groups is 4. The van der Waals surface area contributed by atoms with E-state index in [1.54, 1.807) is 24.3 Å². The molecule has 8 heteroatoms. The molecular weight excluding hydrogens is 408 g/mol. The lowest BCUT2D eigenvalue weighted by Crippen LogP contribution is -2.35. The fourth-order valence-corrected chi connectivity index (χ4v) is 3.87. The Morgan fingerprint density at radius 3 is 2.37 bits per heavy atom. The number of halogens is 1. The van der Waals surface area contributed by atoms with Crippen LogP contribution < -0.4 is 10.2 Å². The molecule has 3 amide bonds. The normalized spacial score (nSPS) is 16.0. The van der Waals surface area contributed by atoms with Gasteiger partial charge in [0.05, 0.1) is 22.4 Å². The van der Waals surface area contributed by atoms with E-state index in [1.165, 1.54) is 18.2 Å². The lowest BCUT2D eigenvalue weighted by molar-refractivity contribution is -0.124. The van der Waals surface area contributed by atoms with Gasteiger partial charge in [-0.25, -0.2) is 9.69 Å². The molecule has 1 aliphatic carbocycles. The Morgan fingerprint density at radius 2 is 1.67 bits per heavy atom. The molecule has 0 aromatic heterocycles. The van der Waals surface area contributed by atoms with Crippen LogP contribution in [0.3, 0.4) is 0 Å². The van der Waals surface area contributed by atoms with Crippen molar-refractivity contribution in [2.24, 2.45) is 0 Å². The summed E-state index contributed by atoms with van der Waals surface area (Å²) in [6.07, 6.45) is 4.04. The summed E-state index contributed by atoms with van der Waals surface area (Å²) in [5.74, 6) is -2.10. The van der Waals surface area contributed by atoms with Gasteiger partial charge in [-0.15, -0.1) is 0 Å². The summed E-state index contributed by atoms with van der Waals surface area (Å²) in [4.78, 5) is 50.7. The number of hydrogen-bond acceptors (Lipinski definition) is 5. The molecule has 1 N–H and O–H groups in total. The Labute approximate surface area is 177 Å². The quantitative estimate of drug-likeness (QED) is 0.584. The number of anilines is 1. The molecule has 1 heterocycles. The second kappa shape index (κ2) is 8.28. The van der Waals surface area contributed by atoms with Crippen LogP contribution in [0.25, 0.3) is 0 Å². The fourth-order valence-electron chi connectivity index (χ4n) is 3.75. The molecule has 0 spiro atoms. The second-order valence-corrected chi connectivity index (χ2v) is 7.74. The first-order valence-electron chi connectivity index (χ1n) is 9.69. The zero-order chi connectivity index (χ0) is 21.3. The van der Waals surface area contributed by atoms with Gasteiger partial charge in [-0.05, 0) is 55.3 Å². The highest BCUT2D eigenvalue weighted by Crippen LogP contribution is 2.30. The summed E-state index contributed by atoms with van der Waals surface area (Å²) < 4.78 is 5.07.